The Hall–Kier alpha value is -0.860. The van der Waals surface area contributed by atoms with Crippen LogP contribution in [0.25, 0.3) is 0 Å². The molecule has 1 N–H and O–H groups in total. The molecule has 0 amide bonds. The Morgan fingerprint density at radius 2 is 1.83 bits per heavy atom. The number of nitrogens with one attached hydrogen (secondary N) is 1. The fraction of sp³-hybridized carbons (Fsp3) is 0.625. The van der Waals surface area contributed by atoms with Crippen LogP contribution in [0.4, 0.5) is 0 Å². The van der Waals surface area contributed by atoms with E-state index in [1.54, 1.807) is 0 Å². The summed E-state index contributed by atoms with van der Waals surface area (Å²) >= 11 is 0. The van der Waals surface area contributed by atoms with Gasteiger partial charge >= 0.3 is 0 Å². The number of rotatable bonds is 2. The van der Waals surface area contributed by atoms with Crippen LogP contribution >= 0.6 is 0 Å². The molecule has 1 aliphatic heterocycles. The summed E-state index contributed by atoms with van der Waals surface area (Å²) < 4.78 is 0. The lowest BCUT2D eigenvalue weighted by molar-refractivity contribution is 0.0246. The highest BCUT2D eigenvalue weighted by Crippen LogP contribution is 2.34. The van der Waals surface area contributed by atoms with Crippen LogP contribution in [0.1, 0.15) is 38.3 Å². The second-order valence-electron chi connectivity index (χ2n) is 6.15. The number of piperazine rings is 1. The maximum Gasteiger partial charge on any atom is 0.0450 e. The van der Waals surface area contributed by atoms with Gasteiger partial charge < -0.3 is 5.32 Å². The Morgan fingerprint density at radius 1 is 1.11 bits per heavy atom. The molecular weight excluding hydrogens is 220 g/mol. The Balaban J connectivity index is 1.68. The molecule has 1 aromatic rings. The molecule has 1 heterocycles. The van der Waals surface area contributed by atoms with Gasteiger partial charge in [0.05, 0.1) is 0 Å². The summed E-state index contributed by atoms with van der Waals surface area (Å²) in [5.41, 5.74) is 1.43. The number of nitrogens with zero attached hydrogens (tertiary/aromatic N) is 1. The fourth-order valence-electron chi connectivity index (χ4n) is 3.43. The minimum absolute atomic E-state index is 0.512. The Kier molecular flexibility index (Phi) is 3.40. The summed E-state index contributed by atoms with van der Waals surface area (Å²) in [5.74, 6) is 0.937. The van der Waals surface area contributed by atoms with E-state index in [2.05, 4.69) is 54.4 Å². The van der Waals surface area contributed by atoms with Crippen molar-refractivity contribution in [3.63, 3.8) is 0 Å². The van der Waals surface area contributed by atoms with Gasteiger partial charge in [0.2, 0.25) is 0 Å². The maximum atomic E-state index is 3.69. The average molecular weight is 244 g/mol. The van der Waals surface area contributed by atoms with E-state index in [9.17, 15) is 0 Å². The highest BCUT2D eigenvalue weighted by molar-refractivity contribution is 5.20. The first-order valence-electron chi connectivity index (χ1n) is 7.28. The lowest BCUT2D eigenvalue weighted by Gasteiger charge is -2.49. The molecule has 2 heteroatoms. The Labute approximate surface area is 110 Å². The van der Waals surface area contributed by atoms with Crippen LogP contribution in [-0.2, 0) is 0 Å². The first-order valence-corrected chi connectivity index (χ1v) is 7.28. The molecule has 1 saturated heterocycles. The van der Waals surface area contributed by atoms with Crippen molar-refractivity contribution in [2.24, 2.45) is 5.92 Å². The van der Waals surface area contributed by atoms with Crippen molar-refractivity contribution in [3.05, 3.63) is 35.9 Å². The predicted octanol–water partition coefficient (Wildman–Crippen LogP) is 2.82. The van der Waals surface area contributed by atoms with Gasteiger partial charge in [0.15, 0.2) is 0 Å². The summed E-state index contributed by atoms with van der Waals surface area (Å²) in [4.78, 5) is 2.73. The third-order valence-electron chi connectivity index (χ3n) is 4.64. The summed E-state index contributed by atoms with van der Waals surface area (Å²) in [6.45, 7) is 7.02. The van der Waals surface area contributed by atoms with Crippen molar-refractivity contribution in [2.75, 3.05) is 13.1 Å². The van der Waals surface area contributed by atoms with Gasteiger partial charge in [0, 0.05) is 31.2 Å². The van der Waals surface area contributed by atoms with Crippen molar-refractivity contribution in [1.29, 1.82) is 0 Å². The van der Waals surface area contributed by atoms with E-state index >= 15 is 0 Å². The summed E-state index contributed by atoms with van der Waals surface area (Å²) in [6.07, 6.45) is 2.79. The molecule has 1 aliphatic carbocycles. The number of hydrogen-bond acceptors (Lipinski definition) is 2. The van der Waals surface area contributed by atoms with Crippen molar-refractivity contribution in [1.82, 2.24) is 10.2 Å². The van der Waals surface area contributed by atoms with Gasteiger partial charge in [0.1, 0.15) is 0 Å². The largest absolute Gasteiger partial charge is 0.307 e. The van der Waals surface area contributed by atoms with Crippen LogP contribution in [0.15, 0.2) is 30.3 Å². The van der Waals surface area contributed by atoms with Gasteiger partial charge in [-0.1, -0.05) is 37.3 Å². The fourth-order valence-corrected chi connectivity index (χ4v) is 3.43. The molecule has 2 aliphatic rings. The molecule has 2 atom stereocenters. The first-order chi connectivity index (χ1) is 8.74. The van der Waals surface area contributed by atoms with E-state index in [0.717, 1.165) is 18.5 Å². The third kappa shape index (κ3) is 2.32. The quantitative estimate of drug-likeness (QED) is 0.860. The molecule has 3 rings (SSSR count). The molecule has 2 unspecified atom stereocenters. The zero-order valence-corrected chi connectivity index (χ0v) is 11.5. The van der Waals surface area contributed by atoms with E-state index in [1.807, 2.05) is 0 Å². The second kappa shape index (κ2) is 5.02. The van der Waals surface area contributed by atoms with Gasteiger partial charge in [-0.25, -0.2) is 0 Å². The third-order valence-corrected chi connectivity index (χ3v) is 4.64. The molecule has 2 fully saturated rings. The van der Waals surface area contributed by atoms with Crippen LogP contribution < -0.4 is 5.32 Å². The van der Waals surface area contributed by atoms with Crippen molar-refractivity contribution in [3.8, 4) is 0 Å². The predicted molar refractivity (Wildman–Crippen MR) is 75.5 cm³/mol. The van der Waals surface area contributed by atoms with Crippen molar-refractivity contribution < 1.29 is 0 Å². The molecule has 0 aromatic heterocycles. The van der Waals surface area contributed by atoms with Crippen LogP contribution in [-0.4, -0.2) is 30.1 Å². The molecular formula is C16H24N2. The van der Waals surface area contributed by atoms with Crippen molar-refractivity contribution in [2.45, 2.75) is 44.8 Å². The average Bonchev–Trinajstić information content (AvgIpc) is 2.37. The topological polar surface area (TPSA) is 15.3 Å². The molecule has 1 saturated carbocycles. The van der Waals surface area contributed by atoms with E-state index in [4.69, 9.17) is 0 Å². The summed E-state index contributed by atoms with van der Waals surface area (Å²) in [5, 5.41) is 3.69. The highest BCUT2D eigenvalue weighted by atomic mass is 15.3. The number of benzene rings is 1. The standard InChI is InChI=1S/C16H24N2/c1-12-8-15(9-12)18-11-16(17-10-13(18)2)14-6-4-3-5-7-14/h3-7,12-13,15-17H,8-11H2,1-2H3. The van der Waals surface area contributed by atoms with Gasteiger partial charge in [-0.2, -0.15) is 0 Å². The highest BCUT2D eigenvalue weighted by Gasteiger charge is 2.36. The van der Waals surface area contributed by atoms with Gasteiger partial charge in [-0.3, -0.25) is 4.90 Å². The van der Waals surface area contributed by atoms with Crippen LogP contribution in [0.2, 0.25) is 0 Å². The molecule has 1 aromatic carbocycles. The lowest BCUT2D eigenvalue weighted by atomic mass is 9.79. The monoisotopic (exact) mass is 244 g/mol. The molecule has 98 valence electrons. The van der Waals surface area contributed by atoms with Crippen LogP contribution in [0.5, 0.6) is 0 Å². The smallest absolute Gasteiger partial charge is 0.0450 e. The minimum atomic E-state index is 0.512. The van der Waals surface area contributed by atoms with Crippen LogP contribution in [0, 0.1) is 5.92 Å². The van der Waals surface area contributed by atoms with E-state index < -0.39 is 0 Å². The molecule has 18 heavy (non-hydrogen) atoms. The van der Waals surface area contributed by atoms with Gasteiger partial charge in [-0.05, 0) is 31.2 Å². The molecule has 0 bridgehead atoms. The van der Waals surface area contributed by atoms with E-state index in [0.29, 0.717) is 12.1 Å². The van der Waals surface area contributed by atoms with Gasteiger partial charge in [0.25, 0.3) is 0 Å². The maximum absolute atomic E-state index is 3.69. The van der Waals surface area contributed by atoms with E-state index in [1.165, 1.54) is 24.9 Å². The molecule has 0 spiro atoms. The summed E-state index contributed by atoms with van der Waals surface area (Å²) in [7, 11) is 0. The lowest BCUT2D eigenvalue weighted by Crippen LogP contribution is -2.58. The van der Waals surface area contributed by atoms with Crippen LogP contribution in [0.3, 0.4) is 0 Å². The molecule has 2 nitrogen and oxygen atoms in total. The van der Waals surface area contributed by atoms with E-state index in [-0.39, 0.29) is 0 Å². The minimum Gasteiger partial charge on any atom is -0.307 e. The second-order valence-corrected chi connectivity index (χ2v) is 6.15. The van der Waals surface area contributed by atoms with Gasteiger partial charge in [-0.15, -0.1) is 0 Å². The first kappa shape index (κ1) is 12.2. The zero-order chi connectivity index (χ0) is 12.5. The SMILES string of the molecule is CC1CC(N2CC(c3ccccc3)NCC2C)C1. The Morgan fingerprint density at radius 3 is 2.50 bits per heavy atom. The van der Waals surface area contributed by atoms with Crippen molar-refractivity contribution >= 4 is 0 Å². The summed E-state index contributed by atoms with van der Waals surface area (Å²) in [6, 6.07) is 12.9. The number of hydrogen-bond donors (Lipinski definition) is 1. The normalized spacial score (nSPS) is 37.2. The Bertz CT molecular complexity index is 383. The zero-order valence-electron chi connectivity index (χ0n) is 11.5. The molecule has 0 radical (unpaired) electrons.